The Balaban J connectivity index is 1.35. The minimum atomic E-state index is -0.186. The largest absolute Gasteiger partial charge is 0.484 e. The Morgan fingerprint density at radius 1 is 1.10 bits per heavy atom. The van der Waals surface area contributed by atoms with E-state index in [1.165, 1.54) is 28.9 Å². The van der Waals surface area contributed by atoms with Crippen LogP contribution < -0.4 is 10.1 Å². The maximum absolute atomic E-state index is 12.2. The van der Waals surface area contributed by atoms with E-state index in [1.807, 2.05) is 37.3 Å². The van der Waals surface area contributed by atoms with Gasteiger partial charge in [0.1, 0.15) is 10.8 Å². The maximum Gasteiger partial charge on any atom is 0.262 e. The quantitative estimate of drug-likeness (QED) is 0.596. The van der Waals surface area contributed by atoms with Gasteiger partial charge in [-0.2, -0.15) is 0 Å². The summed E-state index contributed by atoms with van der Waals surface area (Å²) < 4.78 is 5.61. The average molecular weight is 407 g/mol. The Labute approximate surface area is 173 Å². The third-order valence-corrected chi connectivity index (χ3v) is 6.28. The lowest BCUT2D eigenvalue weighted by Gasteiger charge is -2.09. The highest BCUT2D eigenvalue weighted by Gasteiger charge is 2.14. The molecule has 1 aromatic heterocycles. The Kier molecular flexibility index (Phi) is 5.45. The molecule has 1 aliphatic rings. The lowest BCUT2D eigenvalue weighted by atomic mass is 10.1. The molecule has 29 heavy (non-hydrogen) atoms. The number of thiazole rings is 1. The topological polar surface area (TPSA) is 68.3 Å². The number of ketones is 1. The highest BCUT2D eigenvalue weighted by atomic mass is 32.1. The van der Waals surface area contributed by atoms with Crippen LogP contribution >= 0.6 is 11.3 Å². The van der Waals surface area contributed by atoms with Gasteiger partial charge in [0.05, 0.1) is 10.6 Å². The first-order valence-electron chi connectivity index (χ1n) is 9.63. The van der Waals surface area contributed by atoms with Gasteiger partial charge in [-0.25, -0.2) is 4.98 Å². The van der Waals surface area contributed by atoms with Crippen LogP contribution in [-0.4, -0.2) is 23.3 Å². The summed E-state index contributed by atoms with van der Waals surface area (Å²) in [5.74, 6) is 0.451. The molecule has 1 amide bonds. The fourth-order valence-electron chi connectivity index (χ4n) is 3.54. The van der Waals surface area contributed by atoms with Gasteiger partial charge in [0.2, 0.25) is 0 Å². The summed E-state index contributed by atoms with van der Waals surface area (Å²) in [6, 6.07) is 13.5. The van der Waals surface area contributed by atoms with Crippen LogP contribution in [0.5, 0.6) is 5.75 Å². The molecular weight excluding hydrogens is 384 g/mol. The van der Waals surface area contributed by atoms with E-state index in [9.17, 15) is 9.59 Å². The molecule has 0 saturated heterocycles. The van der Waals surface area contributed by atoms with E-state index >= 15 is 0 Å². The Hall–Kier alpha value is -2.99. The summed E-state index contributed by atoms with van der Waals surface area (Å²) in [4.78, 5) is 29.0. The number of aryl methyl sites for hydroxylation is 3. The maximum atomic E-state index is 12.2. The van der Waals surface area contributed by atoms with Crippen LogP contribution in [0.25, 0.3) is 10.6 Å². The number of hydrogen-bond acceptors (Lipinski definition) is 5. The van der Waals surface area contributed by atoms with Gasteiger partial charge in [-0.15, -0.1) is 11.3 Å². The highest BCUT2D eigenvalue weighted by molar-refractivity contribution is 7.17. The van der Waals surface area contributed by atoms with Gasteiger partial charge in [-0.1, -0.05) is 6.07 Å². The third kappa shape index (κ3) is 4.38. The second kappa shape index (κ2) is 8.17. The van der Waals surface area contributed by atoms with E-state index in [4.69, 9.17) is 4.74 Å². The smallest absolute Gasteiger partial charge is 0.262 e. The van der Waals surface area contributed by atoms with Crippen LogP contribution in [0.1, 0.15) is 39.8 Å². The standard InChI is InChI=1S/C23H22N2O3S/c1-14-22(15(2)26)29-23(24-14)17-7-10-20(11-8-17)28-13-21(27)25-19-9-6-16-4-3-5-18(16)12-19/h6-12H,3-5,13H2,1-2H3,(H,25,27). The molecule has 3 aromatic rings. The number of nitrogens with one attached hydrogen (secondary N) is 1. The number of benzene rings is 2. The van der Waals surface area contributed by atoms with Crippen molar-refractivity contribution in [1.82, 2.24) is 4.98 Å². The van der Waals surface area contributed by atoms with Gasteiger partial charge in [0.15, 0.2) is 12.4 Å². The molecule has 1 N–H and O–H groups in total. The zero-order chi connectivity index (χ0) is 20.4. The summed E-state index contributed by atoms with van der Waals surface area (Å²) in [6.45, 7) is 3.34. The van der Waals surface area contributed by atoms with Gasteiger partial charge >= 0.3 is 0 Å². The average Bonchev–Trinajstić information content (AvgIpc) is 3.33. The number of nitrogens with zero attached hydrogens (tertiary/aromatic N) is 1. The summed E-state index contributed by atoms with van der Waals surface area (Å²) in [7, 11) is 0. The number of anilines is 1. The number of hydrogen-bond donors (Lipinski definition) is 1. The highest BCUT2D eigenvalue weighted by Crippen LogP contribution is 2.29. The van der Waals surface area contributed by atoms with E-state index in [-0.39, 0.29) is 18.3 Å². The van der Waals surface area contributed by atoms with Crippen molar-refractivity contribution in [2.24, 2.45) is 0 Å². The predicted octanol–water partition coefficient (Wildman–Crippen LogP) is 4.83. The molecule has 6 heteroatoms. The van der Waals surface area contributed by atoms with Crippen molar-refractivity contribution in [3.8, 4) is 16.3 Å². The first-order chi connectivity index (χ1) is 14.0. The minimum Gasteiger partial charge on any atom is -0.484 e. The van der Waals surface area contributed by atoms with E-state index in [0.29, 0.717) is 10.6 Å². The lowest BCUT2D eigenvalue weighted by Crippen LogP contribution is -2.20. The summed E-state index contributed by atoms with van der Waals surface area (Å²) in [5.41, 5.74) is 5.19. The van der Waals surface area contributed by atoms with Crippen LogP contribution in [0.4, 0.5) is 5.69 Å². The van der Waals surface area contributed by atoms with E-state index in [0.717, 1.165) is 34.8 Å². The molecule has 0 spiro atoms. The monoisotopic (exact) mass is 406 g/mol. The molecule has 0 radical (unpaired) electrons. The Morgan fingerprint density at radius 2 is 1.86 bits per heavy atom. The van der Waals surface area contributed by atoms with Gasteiger partial charge in [-0.3, -0.25) is 9.59 Å². The van der Waals surface area contributed by atoms with Crippen molar-refractivity contribution in [2.75, 3.05) is 11.9 Å². The van der Waals surface area contributed by atoms with E-state index < -0.39 is 0 Å². The van der Waals surface area contributed by atoms with Gasteiger partial charge < -0.3 is 10.1 Å². The van der Waals surface area contributed by atoms with Crippen LogP contribution in [0.2, 0.25) is 0 Å². The molecule has 1 heterocycles. The molecule has 0 saturated carbocycles. The van der Waals surface area contributed by atoms with Gasteiger partial charge in [-0.05, 0) is 73.7 Å². The SMILES string of the molecule is CC(=O)c1sc(-c2ccc(OCC(=O)Nc3ccc4c(c3)CCC4)cc2)nc1C. The third-order valence-electron chi connectivity index (χ3n) is 4.97. The number of carbonyl (C=O) groups is 2. The number of carbonyl (C=O) groups excluding carboxylic acids is 2. The van der Waals surface area contributed by atoms with Gasteiger partial charge in [0.25, 0.3) is 5.91 Å². The Bertz CT molecular complexity index is 1070. The van der Waals surface area contributed by atoms with Crippen molar-refractivity contribution in [3.63, 3.8) is 0 Å². The van der Waals surface area contributed by atoms with E-state index in [1.54, 1.807) is 6.92 Å². The van der Waals surface area contributed by atoms with E-state index in [2.05, 4.69) is 22.4 Å². The number of Topliss-reactive ketones (excluding diaryl/α,β-unsaturated/α-hetero) is 1. The first kappa shape index (κ1) is 19.3. The molecule has 0 bridgehead atoms. The second-order valence-corrected chi connectivity index (χ2v) is 8.19. The minimum absolute atomic E-state index is 0.0283. The summed E-state index contributed by atoms with van der Waals surface area (Å²) in [6.07, 6.45) is 3.39. The lowest BCUT2D eigenvalue weighted by molar-refractivity contribution is -0.118. The number of aromatic nitrogens is 1. The zero-order valence-electron chi connectivity index (χ0n) is 16.5. The second-order valence-electron chi connectivity index (χ2n) is 7.19. The Morgan fingerprint density at radius 3 is 2.59 bits per heavy atom. The zero-order valence-corrected chi connectivity index (χ0v) is 17.3. The van der Waals surface area contributed by atoms with Crippen molar-refractivity contribution in [3.05, 3.63) is 64.2 Å². The predicted molar refractivity (Wildman–Crippen MR) is 115 cm³/mol. The first-order valence-corrected chi connectivity index (χ1v) is 10.4. The molecule has 2 aromatic carbocycles. The van der Waals surface area contributed by atoms with Crippen LogP contribution in [0.3, 0.4) is 0 Å². The normalized spacial score (nSPS) is 12.5. The van der Waals surface area contributed by atoms with Crippen molar-refractivity contribution >= 4 is 28.7 Å². The van der Waals surface area contributed by atoms with Crippen LogP contribution in [0.15, 0.2) is 42.5 Å². The molecule has 4 rings (SSSR count). The molecule has 0 unspecified atom stereocenters. The number of rotatable bonds is 6. The van der Waals surface area contributed by atoms with Crippen molar-refractivity contribution in [1.29, 1.82) is 0 Å². The summed E-state index contributed by atoms with van der Waals surface area (Å²) in [5, 5.41) is 3.69. The number of fused-ring (bicyclic) bond motifs is 1. The molecule has 0 fully saturated rings. The van der Waals surface area contributed by atoms with Crippen LogP contribution in [0, 0.1) is 6.92 Å². The molecule has 5 nitrogen and oxygen atoms in total. The number of ether oxygens (including phenoxy) is 1. The van der Waals surface area contributed by atoms with Crippen molar-refractivity contribution < 1.29 is 14.3 Å². The van der Waals surface area contributed by atoms with Gasteiger partial charge in [0, 0.05) is 18.2 Å². The van der Waals surface area contributed by atoms with Crippen LogP contribution in [-0.2, 0) is 17.6 Å². The fraction of sp³-hybridized carbons (Fsp3) is 0.261. The molecule has 0 atom stereocenters. The fourth-order valence-corrected chi connectivity index (χ4v) is 4.50. The summed E-state index contributed by atoms with van der Waals surface area (Å²) >= 11 is 1.39. The number of amides is 1. The van der Waals surface area contributed by atoms with Crippen molar-refractivity contribution in [2.45, 2.75) is 33.1 Å². The molecular formula is C23H22N2O3S. The molecule has 148 valence electrons. The molecule has 1 aliphatic carbocycles. The molecule has 0 aliphatic heterocycles.